The average Bonchev–Trinajstić information content (AvgIpc) is 3.18. The van der Waals surface area contributed by atoms with Gasteiger partial charge >= 0.3 is 6.18 Å². The number of halogens is 3. The summed E-state index contributed by atoms with van der Waals surface area (Å²) >= 11 is 1.43. The van der Waals surface area contributed by atoms with Crippen molar-refractivity contribution in [2.24, 2.45) is 0 Å². The molecule has 0 bridgehead atoms. The number of methoxy groups -OCH3 is 1. The third kappa shape index (κ3) is 4.31. The van der Waals surface area contributed by atoms with E-state index in [0.717, 1.165) is 17.0 Å². The lowest BCUT2D eigenvalue weighted by Gasteiger charge is -2.24. The van der Waals surface area contributed by atoms with Gasteiger partial charge in [0.05, 0.1) is 24.8 Å². The van der Waals surface area contributed by atoms with Gasteiger partial charge in [0.1, 0.15) is 5.75 Å². The van der Waals surface area contributed by atoms with Gasteiger partial charge in [0, 0.05) is 10.6 Å². The molecule has 3 aromatic rings. The van der Waals surface area contributed by atoms with Crippen molar-refractivity contribution in [1.29, 1.82) is 0 Å². The van der Waals surface area contributed by atoms with Gasteiger partial charge in [-0.05, 0) is 41.8 Å². The van der Waals surface area contributed by atoms with Crippen molar-refractivity contribution in [3.63, 3.8) is 0 Å². The topological polar surface area (TPSA) is 29.5 Å². The highest BCUT2D eigenvalue weighted by molar-refractivity contribution is 7.09. The van der Waals surface area contributed by atoms with Crippen LogP contribution < -0.4 is 9.64 Å². The van der Waals surface area contributed by atoms with E-state index >= 15 is 0 Å². The molecule has 3 nitrogen and oxygen atoms in total. The molecule has 27 heavy (non-hydrogen) atoms. The molecule has 0 aliphatic carbocycles. The van der Waals surface area contributed by atoms with Crippen LogP contribution in [-0.4, -0.2) is 13.0 Å². The summed E-state index contributed by atoms with van der Waals surface area (Å²) in [4.78, 5) is 15.4. The second-order valence-corrected chi connectivity index (χ2v) is 6.75. The molecule has 0 fully saturated rings. The minimum atomic E-state index is -4.49. The number of benzene rings is 2. The van der Waals surface area contributed by atoms with Crippen LogP contribution in [0, 0.1) is 0 Å². The second kappa shape index (κ2) is 7.84. The van der Waals surface area contributed by atoms with E-state index in [1.54, 1.807) is 24.3 Å². The van der Waals surface area contributed by atoms with Gasteiger partial charge in [0.15, 0.2) is 0 Å². The van der Waals surface area contributed by atoms with E-state index < -0.39 is 17.6 Å². The van der Waals surface area contributed by atoms with Crippen LogP contribution in [0.3, 0.4) is 0 Å². The van der Waals surface area contributed by atoms with E-state index in [-0.39, 0.29) is 17.8 Å². The van der Waals surface area contributed by atoms with Crippen molar-refractivity contribution in [2.75, 3.05) is 12.0 Å². The van der Waals surface area contributed by atoms with Crippen LogP contribution in [-0.2, 0) is 12.7 Å². The first-order valence-electron chi connectivity index (χ1n) is 8.04. The summed E-state index contributed by atoms with van der Waals surface area (Å²) in [7, 11) is 1.44. The Hall–Kier alpha value is -2.80. The van der Waals surface area contributed by atoms with Crippen LogP contribution >= 0.6 is 11.3 Å². The standard InChI is InChI=1S/C20H16F3NO2S/c1-26-18-10-3-2-9-17(18)19(25)24(13-16-8-5-11-27-16)15-7-4-6-14(12-15)20(21,22)23/h2-12H,13H2,1H3. The molecule has 1 aromatic heterocycles. The van der Waals surface area contributed by atoms with E-state index in [1.807, 2.05) is 17.5 Å². The summed E-state index contributed by atoms with van der Waals surface area (Å²) in [5.74, 6) is -0.0640. The molecule has 0 saturated heterocycles. The molecule has 0 spiro atoms. The Morgan fingerprint density at radius 3 is 2.52 bits per heavy atom. The highest BCUT2D eigenvalue weighted by Crippen LogP contribution is 2.33. The SMILES string of the molecule is COc1ccccc1C(=O)N(Cc1cccs1)c1cccc(C(F)(F)F)c1. The van der Waals surface area contributed by atoms with Crippen LogP contribution in [0.15, 0.2) is 66.0 Å². The molecule has 0 N–H and O–H groups in total. The number of hydrogen-bond donors (Lipinski definition) is 0. The largest absolute Gasteiger partial charge is 0.496 e. The maximum absolute atomic E-state index is 13.2. The summed E-state index contributed by atoms with van der Waals surface area (Å²) < 4.78 is 44.6. The summed E-state index contributed by atoms with van der Waals surface area (Å²) in [6.07, 6.45) is -4.49. The van der Waals surface area contributed by atoms with E-state index in [4.69, 9.17) is 4.74 Å². The van der Waals surface area contributed by atoms with Crippen LogP contribution in [0.2, 0.25) is 0 Å². The predicted molar refractivity (Wildman–Crippen MR) is 99.3 cm³/mol. The first-order valence-corrected chi connectivity index (χ1v) is 8.92. The number of nitrogens with zero attached hydrogens (tertiary/aromatic N) is 1. The summed E-state index contributed by atoms with van der Waals surface area (Å²) in [5.41, 5.74) is -0.341. The van der Waals surface area contributed by atoms with Crippen LogP contribution in [0.4, 0.5) is 18.9 Å². The summed E-state index contributed by atoms with van der Waals surface area (Å²) in [5, 5.41) is 1.85. The van der Waals surface area contributed by atoms with Crippen molar-refractivity contribution >= 4 is 22.9 Å². The van der Waals surface area contributed by atoms with Gasteiger partial charge in [-0.3, -0.25) is 4.79 Å². The molecule has 0 atom stereocenters. The highest BCUT2D eigenvalue weighted by Gasteiger charge is 2.31. The fourth-order valence-corrected chi connectivity index (χ4v) is 3.35. The third-order valence-electron chi connectivity index (χ3n) is 3.96. The Morgan fingerprint density at radius 1 is 1.07 bits per heavy atom. The molecule has 0 aliphatic rings. The summed E-state index contributed by atoms with van der Waals surface area (Å²) in [6, 6.07) is 15.1. The van der Waals surface area contributed by atoms with Crippen molar-refractivity contribution in [2.45, 2.75) is 12.7 Å². The zero-order valence-electron chi connectivity index (χ0n) is 14.4. The monoisotopic (exact) mass is 391 g/mol. The quantitative estimate of drug-likeness (QED) is 0.565. The lowest BCUT2D eigenvalue weighted by molar-refractivity contribution is -0.137. The highest BCUT2D eigenvalue weighted by atomic mass is 32.1. The van der Waals surface area contributed by atoms with Gasteiger partial charge in [0.2, 0.25) is 0 Å². The van der Waals surface area contributed by atoms with Gasteiger partial charge in [-0.1, -0.05) is 24.3 Å². The lowest BCUT2D eigenvalue weighted by atomic mass is 10.1. The van der Waals surface area contributed by atoms with Gasteiger partial charge < -0.3 is 9.64 Å². The van der Waals surface area contributed by atoms with E-state index in [0.29, 0.717) is 5.75 Å². The Morgan fingerprint density at radius 2 is 1.85 bits per heavy atom. The smallest absolute Gasteiger partial charge is 0.416 e. The molecule has 140 valence electrons. The maximum Gasteiger partial charge on any atom is 0.416 e. The number of hydrogen-bond acceptors (Lipinski definition) is 3. The normalized spacial score (nSPS) is 11.3. The zero-order chi connectivity index (χ0) is 19.4. The minimum absolute atomic E-state index is 0.163. The molecule has 0 saturated carbocycles. The van der Waals surface area contributed by atoms with Gasteiger partial charge in [-0.2, -0.15) is 13.2 Å². The van der Waals surface area contributed by atoms with Crippen molar-refractivity contribution < 1.29 is 22.7 Å². The van der Waals surface area contributed by atoms with Gasteiger partial charge in [-0.15, -0.1) is 11.3 Å². The van der Waals surface area contributed by atoms with E-state index in [2.05, 4.69) is 0 Å². The van der Waals surface area contributed by atoms with Crippen molar-refractivity contribution in [1.82, 2.24) is 0 Å². The Labute approximate surface area is 158 Å². The molecule has 7 heteroatoms. The number of para-hydroxylation sites is 1. The number of ether oxygens (including phenoxy) is 1. The minimum Gasteiger partial charge on any atom is -0.496 e. The first-order chi connectivity index (χ1) is 12.9. The van der Waals surface area contributed by atoms with Crippen LogP contribution in [0.5, 0.6) is 5.75 Å². The van der Waals surface area contributed by atoms with Gasteiger partial charge in [-0.25, -0.2) is 0 Å². The van der Waals surface area contributed by atoms with Crippen molar-refractivity contribution in [3.05, 3.63) is 82.0 Å². The lowest BCUT2D eigenvalue weighted by Crippen LogP contribution is -2.30. The van der Waals surface area contributed by atoms with Gasteiger partial charge in [0.25, 0.3) is 5.91 Å². The molecule has 0 aliphatic heterocycles. The number of thiophene rings is 1. The number of carbonyl (C=O) groups excluding carboxylic acids is 1. The molecule has 3 rings (SSSR count). The van der Waals surface area contributed by atoms with E-state index in [9.17, 15) is 18.0 Å². The third-order valence-corrected chi connectivity index (χ3v) is 4.82. The van der Waals surface area contributed by atoms with Crippen LogP contribution in [0.1, 0.15) is 20.8 Å². The molecule has 2 aromatic carbocycles. The number of rotatable bonds is 5. The summed E-state index contributed by atoms with van der Waals surface area (Å²) in [6.45, 7) is 0.163. The molecule has 0 unspecified atom stereocenters. The molecular formula is C20H16F3NO2S. The first kappa shape index (κ1) is 19.0. The van der Waals surface area contributed by atoms with Crippen LogP contribution in [0.25, 0.3) is 0 Å². The Bertz CT molecular complexity index is 923. The fraction of sp³-hybridized carbons (Fsp3) is 0.150. The maximum atomic E-state index is 13.2. The van der Waals surface area contributed by atoms with Crippen molar-refractivity contribution in [3.8, 4) is 5.75 Å². The molecular weight excluding hydrogens is 375 g/mol. The number of alkyl halides is 3. The Balaban J connectivity index is 2.05. The number of amides is 1. The molecule has 0 radical (unpaired) electrons. The Kier molecular flexibility index (Phi) is 5.51. The second-order valence-electron chi connectivity index (χ2n) is 5.72. The molecule has 1 heterocycles. The van der Waals surface area contributed by atoms with E-state index in [1.165, 1.54) is 35.5 Å². The fourth-order valence-electron chi connectivity index (χ4n) is 2.66. The predicted octanol–water partition coefficient (Wildman–Crippen LogP) is 5.62. The molecule has 1 amide bonds. The zero-order valence-corrected chi connectivity index (χ0v) is 15.2. The average molecular weight is 391 g/mol. The number of carbonyl (C=O) groups is 1. The number of anilines is 1.